The summed E-state index contributed by atoms with van der Waals surface area (Å²) in [6.45, 7) is 0.591. The van der Waals surface area contributed by atoms with Crippen molar-refractivity contribution >= 4 is 40.5 Å². The smallest absolute Gasteiger partial charge is 0.412 e. The number of nitrogen functional groups attached to an aromatic ring is 1. The van der Waals surface area contributed by atoms with Gasteiger partial charge >= 0.3 is 6.09 Å². The second-order valence-electron chi connectivity index (χ2n) is 4.51. The van der Waals surface area contributed by atoms with E-state index in [0.717, 1.165) is 5.56 Å². The topological polar surface area (TPSA) is 124 Å². The van der Waals surface area contributed by atoms with Crippen molar-refractivity contribution in [2.24, 2.45) is 5.73 Å². The molecule has 3 rings (SSSR count). The Kier molecular flexibility index (Phi) is 2.81. The zero-order chi connectivity index (χ0) is 14.5. The number of hydrogen-bond donors (Lipinski definition) is 2. The predicted molar refractivity (Wildman–Crippen MR) is 76.0 cm³/mol. The van der Waals surface area contributed by atoms with Crippen LogP contribution in [0.5, 0.6) is 0 Å². The second-order valence-corrected chi connectivity index (χ2v) is 5.53. The van der Waals surface area contributed by atoms with Crippen LogP contribution < -0.4 is 11.5 Å². The van der Waals surface area contributed by atoms with Gasteiger partial charge in [-0.3, -0.25) is 9.69 Å². The van der Waals surface area contributed by atoms with Gasteiger partial charge in [0.25, 0.3) is 5.91 Å². The van der Waals surface area contributed by atoms with E-state index in [1.807, 2.05) is 22.6 Å². The lowest BCUT2D eigenvalue weighted by molar-refractivity contribution is -0.127. The molecule has 2 aliphatic rings. The molecule has 0 unspecified atom stereocenters. The second kappa shape index (κ2) is 4.30. The third-order valence-electron chi connectivity index (χ3n) is 3.12. The molecule has 8 nitrogen and oxygen atoms in total. The molecule has 0 bridgehead atoms. The SMILES string of the molecule is NC(=O)C1(OC(=O)N2Cc3nc(N)nc(I)c3C2)C=C1. The molecule has 0 fully saturated rings. The number of rotatable bonds is 2. The summed E-state index contributed by atoms with van der Waals surface area (Å²) in [6, 6.07) is 0. The molecule has 2 amide bonds. The molecule has 0 radical (unpaired) electrons. The van der Waals surface area contributed by atoms with Crippen LogP contribution in [-0.4, -0.2) is 32.5 Å². The number of anilines is 1. The molecule has 0 saturated heterocycles. The van der Waals surface area contributed by atoms with E-state index in [1.165, 1.54) is 17.1 Å². The predicted octanol–water partition coefficient (Wildman–Crippen LogP) is -0.0905. The number of primary amides is 1. The minimum Gasteiger partial charge on any atom is -0.424 e. The Balaban J connectivity index is 1.74. The Morgan fingerprint density at radius 2 is 2.05 bits per heavy atom. The monoisotopic (exact) mass is 387 g/mol. The summed E-state index contributed by atoms with van der Waals surface area (Å²) in [7, 11) is 0. The van der Waals surface area contributed by atoms with Crippen molar-refractivity contribution in [2.45, 2.75) is 18.7 Å². The number of fused-ring (bicyclic) bond motifs is 1. The van der Waals surface area contributed by atoms with Crippen molar-refractivity contribution in [3.05, 3.63) is 27.1 Å². The molecule has 1 aliphatic heterocycles. The minimum atomic E-state index is -1.36. The number of amides is 2. The summed E-state index contributed by atoms with van der Waals surface area (Å²) in [4.78, 5) is 32.8. The van der Waals surface area contributed by atoms with Gasteiger partial charge in [0, 0.05) is 5.56 Å². The molecule has 0 saturated carbocycles. The molecular formula is C11H10IN5O3. The third kappa shape index (κ3) is 2.07. The molecule has 0 atom stereocenters. The fourth-order valence-electron chi connectivity index (χ4n) is 1.93. The van der Waals surface area contributed by atoms with Crippen LogP contribution in [0.2, 0.25) is 0 Å². The van der Waals surface area contributed by atoms with Gasteiger partial charge in [0.2, 0.25) is 11.5 Å². The molecule has 0 aromatic carbocycles. The quantitative estimate of drug-likeness (QED) is 0.415. The van der Waals surface area contributed by atoms with Gasteiger partial charge < -0.3 is 16.2 Å². The van der Waals surface area contributed by atoms with Crippen LogP contribution >= 0.6 is 22.6 Å². The molecular weight excluding hydrogens is 377 g/mol. The first-order valence-corrected chi connectivity index (χ1v) is 6.78. The van der Waals surface area contributed by atoms with Gasteiger partial charge in [-0.1, -0.05) is 0 Å². The number of hydrogen-bond acceptors (Lipinski definition) is 6. The average molecular weight is 387 g/mol. The fourth-order valence-corrected chi connectivity index (χ4v) is 2.66. The van der Waals surface area contributed by atoms with E-state index in [1.54, 1.807) is 0 Å². The molecule has 9 heteroatoms. The van der Waals surface area contributed by atoms with Crippen molar-refractivity contribution in [1.82, 2.24) is 14.9 Å². The summed E-state index contributed by atoms with van der Waals surface area (Å²) >= 11 is 2.04. The van der Waals surface area contributed by atoms with Crippen molar-refractivity contribution in [3.63, 3.8) is 0 Å². The van der Waals surface area contributed by atoms with Crippen LogP contribution in [0.25, 0.3) is 0 Å². The van der Waals surface area contributed by atoms with Crippen molar-refractivity contribution in [3.8, 4) is 0 Å². The normalized spacial score (nSPS) is 17.8. The van der Waals surface area contributed by atoms with E-state index in [0.29, 0.717) is 15.9 Å². The van der Waals surface area contributed by atoms with Gasteiger partial charge in [0.05, 0.1) is 18.8 Å². The minimum absolute atomic E-state index is 0.167. The average Bonchev–Trinajstić information content (AvgIpc) is 3.00. The third-order valence-corrected chi connectivity index (χ3v) is 4.01. The maximum Gasteiger partial charge on any atom is 0.412 e. The maximum absolute atomic E-state index is 12.0. The first-order chi connectivity index (χ1) is 9.41. The number of carbonyl (C=O) groups excluding carboxylic acids is 2. The van der Waals surface area contributed by atoms with Gasteiger partial charge in [-0.2, -0.15) is 0 Å². The number of ether oxygens (including phenoxy) is 1. The standard InChI is InChI=1S/C11H10IN5O3/c12-7-5-3-17(4-6(5)15-9(14)16-7)10(19)20-11(1-2-11)8(13)18/h1-2H,3-4H2,(H2,13,18)(H2,14,15,16). The highest BCUT2D eigenvalue weighted by atomic mass is 127. The Hall–Kier alpha value is -1.91. The van der Waals surface area contributed by atoms with E-state index in [2.05, 4.69) is 9.97 Å². The highest BCUT2D eigenvalue weighted by Crippen LogP contribution is 2.31. The van der Waals surface area contributed by atoms with Gasteiger partial charge in [-0.25, -0.2) is 14.8 Å². The highest BCUT2D eigenvalue weighted by Gasteiger charge is 2.46. The molecule has 1 aliphatic carbocycles. The number of nitrogens with two attached hydrogens (primary N) is 2. The summed E-state index contributed by atoms with van der Waals surface area (Å²) in [5.41, 5.74) is 10.9. The Bertz CT molecular complexity index is 654. The molecule has 20 heavy (non-hydrogen) atoms. The number of halogens is 1. The van der Waals surface area contributed by atoms with Crippen LogP contribution in [-0.2, 0) is 22.6 Å². The van der Waals surface area contributed by atoms with Crippen LogP contribution in [0.15, 0.2) is 12.2 Å². The van der Waals surface area contributed by atoms with E-state index in [9.17, 15) is 9.59 Å². The van der Waals surface area contributed by atoms with Gasteiger partial charge in [-0.15, -0.1) is 0 Å². The molecule has 104 valence electrons. The van der Waals surface area contributed by atoms with E-state index in [4.69, 9.17) is 16.2 Å². The van der Waals surface area contributed by atoms with Gasteiger partial charge in [0.15, 0.2) is 0 Å². The summed E-state index contributed by atoms with van der Waals surface area (Å²) < 4.78 is 5.82. The van der Waals surface area contributed by atoms with Crippen LogP contribution in [0.4, 0.5) is 10.7 Å². The lowest BCUT2D eigenvalue weighted by atomic mass is 10.3. The lowest BCUT2D eigenvalue weighted by Gasteiger charge is -2.19. The van der Waals surface area contributed by atoms with Crippen molar-refractivity contribution < 1.29 is 14.3 Å². The maximum atomic E-state index is 12.0. The van der Waals surface area contributed by atoms with E-state index < -0.39 is 17.6 Å². The molecule has 2 heterocycles. The number of nitrogens with zero attached hydrogens (tertiary/aromatic N) is 3. The van der Waals surface area contributed by atoms with Crippen LogP contribution in [0, 0.1) is 3.70 Å². The molecule has 1 aromatic heterocycles. The van der Waals surface area contributed by atoms with Gasteiger partial charge in [0.1, 0.15) is 3.70 Å². The van der Waals surface area contributed by atoms with E-state index in [-0.39, 0.29) is 12.5 Å². The first-order valence-electron chi connectivity index (χ1n) is 5.70. The fraction of sp³-hybridized carbons (Fsp3) is 0.273. The van der Waals surface area contributed by atoms with Crippen molar-refractivity contribution in [1.29, 1.82) is 0 Å². The largest absolute Gasteiger partial charge is 0.424 e. The molecule has 4 N–H and O–H groups in total. The first kappa shape index (κ1) is 13.1. The van der Waals surface area contributed by atoms with E-state index >= 15 is 0 Å². The molecule has 1 aromatic rings. The number of aromatic nitrogens is 2. The summed E-state index contributed by atoms with van der Waals surface area (Å²) in [6.07, 6.45) is 2.26. The Morgan fingerprint density at radius 1 is 1.35 bits per heavy atom. The zero-order valence-electron chi connectivity index (χ0n) is 10.2. The lowest BCUT2D eigenvalue weighted by Crippen LogP contribution is -2.40. The zero-order valence-corrected chi connectivity index (χ0v) is 12.3. The Morgan fingerprint density at radius 3 is 2.65 bits per heavy atom. The Labute approximate surface area is 127 Å². The van der Waals surface area contributed by atoms with Gasteiger partial charge in [-0.05, 0) is 34.7 Å². The van der Waals surface area contributed by atoms with Crippen LogP contribution in [0.3, 0.4) is 0 Å². The van der Waals surface area contributed by atoms with Crippen LogP contribution in [0.1, 0.15) is 11.3 Å². The summed E-state index contributed by atoms with van der Waals surface area (Å²) in [5.74, 6) is -0.540. The molecule has 0 spiro atoms. The number of carbonyl (C=O) groups is 2. The van der Waals surface area contributed by atoms with Crippen molar-refractivity contribution in [2.75, 3.05) is 5.73 Å². The highest BCUT2D eigenvalue weighted by molar-refractivity contribution is 14.1. The summed E-state index contributed by atoms with van der Waals surface area (Å²) in [5, 5.41) is 0.